The zero-order chi connectivity index (χ0) is 21.9. The van der Waals surface area contributed by atoms with E-state index in [9.17, 15) is 5.11 Å². The van der Waals surface area contributed by atoms with Crippen molar-refractivity contribution in [2.24, 2.45) is 11.1 Å². The van der Waals surface area contributed by atoms with Gasteiger partial charge in [0.1, 0.15) is 10.8 Å². The lowest BCUT2D eigenvalue weighted by atomic mass is 9.73. The molecule has 3 heterocycles. The van der Waals surface area contributed by atoms with Gasteiger partial charge in [-0.15, -0.1) is 5.10 Å². The molecule has 1 aliphatic carbocycles. The van der Waals surface area contributed by atoms with Crippen LogP contribution in [0.4, 0.5) is 5.95 Å². The van der Waals surface area contributed by atoms with Crippen molar-refractivity contribution >= 4 is 28.6 Å². The molecule has 0 unspecified atom stereocenters. The standard InChI is InChI=1S/C24H23ClN6O/c25-20-18(6-3-7-19(20)32)31-14-16-13-27-23(28-22(16)29-31)30-10-8-24(9-11-30)12-15-4-1-2-5-17(15)21(24)26/h1-7,13-14,21,32H,8-12,26H2/t21-/m1/s1. The number of rotatable bonds is 2. The van der Waals surface area contributed by atoms with Gasteiger partial charge < -0.3 is 15.7 Å². The lowest BCUT2D eigenvalue weighted by molar-refractivity contribution is 0.187. The number of fused-ring (bicyclic) bond motifs is 2. The van der Waals surface area contributed by atoms with E-state index >= 15 is 0 Å². The molecule has 1 spiro atoms. The van der Waals surface area contributed by atoms with E-state index in [1.807, 2.05) is 6.20 Å². The molecule has 1 aliphatic heterocycles. The summed E-state index contributed by atoms with van der Waals surface area (Å²) in [6.45, 7) is 1.73. The van der Waals surface area contributed by atoms with E-state index in [0.717, 1.165) is 37.7 Å². The number of aromatic nitrogens is 4. The van der Waals surface area contributed by atoms with Gasteiger partial charge in [-0.25, -0.2) is 9.67 Å². The number of nitrogens with zero attached hydrogens (tertiary/aromatic N) is 5. The quantitative estimate of drug-likeness (QED) is 0.483. The lowest BCUT2D eigenvalue weighted by Gasteiger charge is -2.42. The maximum Gasteiger partial charge on any atom is 0.227 e. The first-order chi connectivity index (χ1) is 15.5. The Morgan fingerprint density at radius 1 is 1.09 bits per heavy atom. The summed E-state index contributed by atoms with van der Waals surface area (Å²) in [5.74, 6) is 0.703. The van der Waals surface area contributed by atoms with E-state index in [-0.39, 0.29) is 22.2 Å². The smallest absolute Gasteiger partial charge is 0.227 e. The molecule has 0 saturated carbocycles. The van der Waals surface area contributed by atoms with Crippen LogP contribution in [0.3, 0.4) is 0 Å². The second kappa shape index (κ2) is 7.18. The van der Waals surface area contributed by atoms with Crippen molar-refractivity contribution in [3.8, 4) is 11.4 Å². The predicted octanol–water partition coefficient (Wildman–Crippen LogP) is 4.02. The van der Waals surface area contributed by atoms with Gasteiger partial charge in [-0.3, -0.25) is 0 Å². The zero-order valence-corrected chi connectivity index (χ0v) is 18.2. The summed E-state index contributed by atoms with van der Waals surface area (Å²) in [6.07, 6.45) is 6.68. The van der Waals surface area contributed by atoms with Gasteiger partial charge in [0.15, 0.2) is 5.65 Å². The minimum Gasteiger partial charge on any atom is -0.506 e. The molecule has 2 aromatic carbocycles. The second-order valence-corrected chi connectivity index (χ2v) is 9.21. The maximum absolute atomic E-state index is 9.90. The molecular formula is C24H23ClN6O. The summed E-state index contributed by atoms with van der Waals surface area (Å²) >= 11 is 6.25. The minimum atomic E-state index is 0.0185. The third-order valence-electron chi connectivity index (χ3n) is 7.09. The van der Waals surface area contributed by atoms with Crippen LogP contribution < -0.4 is 10.6 Å². The van der Waals surface area contributed by atoms with Crippen LogP contribution in [0.2, 0.25) is 5.02 Å². The number of aromatic hydroxyl groups is 1. The van der Waals surface area contributed by atoms with E-state index < -0.39 is 0 Å². The van der Waals surface area contributed by atoms with Crippen molar-refractivity contribution in [3.05, 3.63) is 71.0 Å². The van der Waals surface area contributed by atoms with E-state index in [4.69, 9.17) is 22.3 Å². The van der Waals surface area contributed by atoms with E-state index in [1.165, 1.54) is 11.1 Å². The minimum absolute atomic E-state index is 0.0185. The highest BCUT2D eigenvalue weighted by atomic mass is 35.5. The average molecular weight is 447 g/mol. The first-order valence-corrected chi connectivity index (χ1v) is 11.2. The van der Waals surface area contributed by atoms with Gasteiger partial charge in [-0.1, -0.05) is 41.9 Å². The van der Waals surface area contributed by atoms with Crippen LogP contribution in [-0.4, -0.2) is 37.9 Å². The molecular weight excluding hydrogens is 424 g/mol. The Morgan fingerprint density at radius 2 is 1.91 bits per heavy atom. The maximum atomic E-state index is 9.90. The molecule has 2 aromatic heterocycles. The summed E-state index contributed by atoms with van der Waals surface area (Å²) in [5, 5.41) is 15.5. The molecule has 2 aliphatic rings. The normalized spacial score (nSPS) is 19.6. The highest BCUT2D eigenvalue weighted by molar-refractivity contribution is 6.33. The van der Waals surface area contributed by atoms with Gasteiger partial charge in [0.2, 0.25) is 5.95 Å². The molecule has 0 bridgehead atoms. The third-order valence-corrected chi connectivity index (χ3v) is 7.47. The number of benzene rings is 2. The number of hydrogen-bond donors (Lipinski definition) is 2. The highest BCUT2D eigenvalue weighted by Gasteiger charge is 2.46. The Kier molecular flexibility index (Phi) is 4.38. The second-order valence-electron chi connectivity index (χ2n) is 8.84. The molecule has 0 amide bonds. The molecule has 1 atom stereocenters. The summed E-state index contributed by atoms with van der Waals surface area (Å²) in [6, 6.07) is 13.7. The number of piperidine rings is 1. The SMILES string of the molecule is N[C@@H]1c2ccccc2CC12CCN(c1ncc3cn(-c4cccc(O)c4Cl)nc3n1)CC2. The number of nitrogens with two attached hydrogens (primary N) is 1. The van der Waals surface area contributed by atoms with Crippen LogP contribution in [-0.2, 0) is 6.42 Å². The number of hydrogen-bond acceptors (Lipinski definition) is 6. The zero-order valence-electron chi connectivity index (χ0n) is 17.4. The van der Waals surface area contributed by atoms with Crippen LogP contribution in [0, 0.1) is 5.41 Å². The van der Waals surface area contributed by atoms with Gasteiger partial charge in [0.05, 0.1) is 11.1 Å². The fraction of sp³-hybridized carbons (Fsp3) is 0.292. The van der Waals surface area contributed by atoms with Crippen molar-refractivity contribution in [2.45, 2.75) is 25.3 Å². The fourth-order valence-electron chi connectivity index (χ4n) is 5.23. The van der Waals surface area contributed by atoms with Crippen LogP contribution in [0.15, 0.2) is 54.9 Å². The summed E-state index contributed by atoms with van der Waals surface area (Å²) in [4.78, 5) is 11.5. The molecule has 0 radical (unpaired) electrons. The molecule has 8 heteroatoms. The Labute approximate surface area is 190 Å². The highest BCUT2D eigenvalue weighted by Crippen LogP contribution is 2.50. The van der Waals surface area contributed by atoms with Crippen molar-refractivity contribution in [3.63, 3.8) is 0 Å². The Balaban J connectivity index is 1.24. The monoisotopic (exact) mass is 446 g/mol. The van der Waals surface area contributed by atoms with Gasteiger partial charge in [0.25, 0.3) is 0 Å². The van der Waals surface area contributed by atoms with Crippen LogP contribution >= 0.6 is 11.6 Å². The number of halogens is 1. The average Bonchev–Trinajstić information content (AvgIpc) is 3.35. The van der Waals surface area contributed by atoms with Gasteiger partial charge in [-0.2, -0.15) is 4.98 Å². The van der Waals surface area contributed by atoms with Gasteiger partial charge >= 0.3 is 0 Å². The molecule has 6 rings (SSSR count). The Hall–Kier alpha value is -3.16. The van der Waals surface area contributed by atoms with Gasteiger partial charge in [0, 0.05) is 31.5 Å². The number of anilines is 1. The fourth-order valence-corrected chi connectivity index (χ4v) is 5.44. The first-order valence-electron chi connectivity index (χ1n) is 10.8. The molecule has 3 N–H and O–H groups in total. The predicted molar refractivity (Wildman–Crippen MR) is 124 cm³/mol. The Morgan fingerprint density at radius 3 is 2.72 bits per heavy atom. The largest absolute Gasteiger partial charge is 0.506 e. The van der Waals surface area contributed by atoms with Crippen molar-refractivity contribution < 1.29 is 5.11 Å². The van der Waals surface area contributed by atoms with Crippen LogP contribution in [0.5, 0.6) is 5.75 Å². The van der Waals surface area contributed by atoms with E-state index in [2.05, 4.69) is 39.2 Å². The summed E-state index contributed by atoms with van der Waals surface area (Å²) in [7, 11) is 0. The van der Waals surface area contributed by atoms with Crippen molar-refractivity contribution in [2.75, 3.05) is 18.0 Å². The topological polar surface area (TPSA) is 93.1 Å². The molecule has 1 saturated heterocycles. The van der Waals surface area contributed by atoms with E-state index in [0.29, 0.717) is 17.3 Å². The first kappa shape index (κ1) is 19.5. The van der Waals surface area contributed by atoms with Crippen LogP contribution in [0.1, 0.15) is 30.0 Å². The third kappa shape index (κ3) is 2.96. The molecule has 32 heavy (non-hydrogen) atoms. The van der Waals surface area contributed by atoms with Gasteiger partial charge in [-0.05, 0) is 47.9 Å². The van der Waals surface area contributed by atoms with Crippen molar-refractivity contribution in [1.82, 2.24) is 19.7 Å². The number of phenols is 1. The molecule has 7 nitrogen and oxygen atoms in total. The van der Waals surface area contributed by atoms with Crippen LogP contribution in [0.25, 0.3) is 16.7 Å². The van der Waals surface area contributed by atoms with E-state index in [1.54, 1.807) is 29.1 Å². The summed E-state index contributed by atoms with van der Waals surface area (Å²) in [5.41, 5.74) is 10.7. The summed E-state index contributed by atoms with van der Waals surface area (Å²) < 4.78 is 1.63. The lowest BCUT2D eigenvalue weighted by Crippen LogP contribution is -2.44. The van der Waals surface area contributed by atoms with Crippen molar-refractivity contribution in [1.29, 1.82) is 0 Å². The Bertz CT molecular complexity index is 1330. The molecule has 1 fully saturated rings. The molecule has 4 aromatic rings. The molecule has 162 valence electrons. The number of phenolic OH excluding ortho intramolecular Hbond substituents is 1.